The van der Waals surface area contributed by atoms with Crippen molar-refractivity contribution in [2.45, 2.75) is 45.2 Å². The molecule has 1 unspecified atom stereocenters. The third kappa shape index (κ3) is 4.39. The van der Waals surface area contributed by atoms with Gasteiger partial charge >= 0.3 is 0 Å². The first-order valence-electron chi connectivity index (χ1n) is 7.21. The summed E-state index contributed by atoms with van der Waals surface area (Å²) >= 11 is 0. The zero-order valence-corrected chi connectivity index (χ0v) is 11.4. The summed E-state index contributed by atoms with van der Waals surface area (Å²) < 4.78 is 0. The first-order valence-corrected chi connectivity index (χ1v) is 7.21. The molecule has 3 nitrogen and oxygen atoms in total. The van der Waals surface area contributed by atoms with Gasteiger partial charge in [0.05, 0.1) is 5.69 Å². The van der Waals surface area contributed by atoms with Gasteiger partial charge in [-0.15, -0.1) is 0 Å². The van der Waals surface area contributed by atoms with Gasteiger partial charge in [0.25, 0.3) is 0 Å². The van der Waals surface area contributed by atoms with E-state index in [-0.39, 0.29) is 0 Å². The van der Waals surface area contributed by atoms with Crippen LogP contribution in [0.3, 0.4) is 0 Å². The first kappa shape index (κ1) is 13.5. The van der Waals surface area contributed by atoms with Crippen LogP contribution in [0, 0.1) is 0 Å². The average Bonchev–Trinajstić information content (AvgIpc) is 2.61. The second kappa shape index (κ2) is 7.49. The summed E-state index contributed by atoms with van der Waals surface area (Å²) in [5.74, 6) is 0. The SMILES string of the molecule is CC1CCCCCN1CCNCc1ccccn1. The minimum Gasteiger partial charge on any atom is -0.310 e. The first-order chi connectivity index (χ1) is 8.86. The summed E-state index contributed by atoms with van der Waals surface area (Å²) in [5.41, 5.74) is 1.13. The lowest BCUT2D eigenvalue weighted by molar-refractivity contribution is 0.214. The maximum Gasteiger partial charge on any atom is 0.0541 e. The van der Waals surface area contributed by atoms with Gasteiger partial charge in [-0.3, -0.25) is 9.88 Å². The number of likely N-dealkylation sites (tertiary alicyclic amines) is 1. The number of nitrogens with zero attached hydrogens (tertiary/aromatic N) is 2. The van der Waals surface area contributed by atoms with Gasteiger partial charge in [0.15, 0.2) is 0 Å². The molecule has 2 heterocycles. The molecule has 0 saturated carbocycles. The van der Waals surface area contributed by atoms with Gasteiger partial charge in [-0.1, -0.05) is 18.9 Å². The zero-order chi connectivity index (χ0) is 12.6. The number of aromatic nitrogens is 1. The third-order valence-corrected chi connectivity index (χ3v) is 3.80. The van der Waals surface area contributed by atoms with Crippen molar-refractivity contribution >= 4 is 0 Å². The number of rotatable bonds is 5. The third-order valence-electron chi connectivity index (χ3n) is 3.80. The van der Waals surface area contributed by atoms with Gasteiger partial charge in [-0.25, -0.2) is 0 Å². The minimum absolute atomic E-state index is 0.754. The Morgan fingerprint density at radius 1 is 1.33 bits per heavy atom. The van der Waals surface area contributed by atoms with Crippen molar-refractivity contribution in [1.82, 2.24) is 15.2 Å². The second-order valence-electron chi connectivity index (χ2n) is 5.23. The lowest BCUT2D eigenvalue weighted by Crippen LogP contribution is -2.38. The van der Waals surface area contributed by atoms with Gasteiger partial charge in [-0.05, 0) is 38.4 Å². The molecule has 1 aliphatic heterocycles. The molecule has 1 aliphatic rings. The zero-order valence-electron chi connectivity index (χ0n) is 11.4. The Morgan fingerprint density at radius 2 is 2.28 bits per heavy atom. The highest BCUT2D eigenvalue weighted by Gasteiger charge is 2.15. The fourth-order valence-corrected chi connectivity index (χ4v) is 2.61. The Morgan fingerprint density at radius 3 is 3.11 bits per heavy atom. The van der Waals surface area contributed by atoms with Gasteiger partial charge < -0.3 is 5.32 Å². The smallest absolute Gasteiger partial charge is 0.0541 e. The van der Waals surface area contributed by atoms with Gasteiger partial charge in [0.1, 0.15) is 0 Å². The van der Waals surface area contributed by atoms with Crippen LogP contribution in [0.15, 0.2) is 24.4 Å². The second-order valence-corrected chi connectivity index (χ2v) is 5.23. The quantitative estimate of drug-likeness (QED) is 0.810. The molecule has 0 radical (unpaired) electrons. The summed E-state index contributed by atoms with van der Waals surface area (Å²) in [7, 11) is 0. The molecule has 2 rings (SSSR count). The van der Waals surface area contributed by atoms with Gasteiger partial charge in [0, 0.05) is 31.9 Å². The molecule has 0 amide bonds. The van der Waals surface area contributed by atoms with E-state index < -0.39 is 0 Å². The molecule has 100 valence electrons. The molecule has 1 aromatic rings. The maximum atomic E-state index is 4.32. The van der Waals surface area contributed by atoms with Crippen molar-refractivity contribution in [1.29, 1.82) is 0 Å². The Balaban J connectivity index is 1.65. The molecular weight excluding hydrogens is 222 g/mol. The summed E-state index contributed by atoms with van der Waals surface area (Å²) in [5, 5.41) is 3.49. The molecule has 0 aromatic carbocycles. The topological polar surface area (TPSA) is 28.2 Å². The van der Waals surface area contributed by atoms with E-state index in [9.17, 15) is 0 Å². The van der Waals surface area contributed by atoms with Crippen LogP contribution in [-0.4, -0.2) is 35.6 Å². The van der Waals surface area contributed by atoms with Crippen LogP contribution in [0.1, 0.15) is 38.3 Å². The number of hydrogen-bond acceptors (Lipinski definition) is 3. The van der Waals surface area contributed by atoms with E-state index in [0.29, 0.717) is 0 Å². The predicted octanol–water partition coefficient (Wildman–Crippen LogP) is 2.44. The average molecular weight is 247 g/mol. The molecule has 1 atom stereocenters. The standard InChI is InChI=1S/C15H25N3/c1-14-7-3-2-6-11-18(14)12-10-16-13-15-8-4-5-9-17-15/h4-5,8-9,14,16H,2-3,6-7,10-13H2,1H3. The molecule has 1 saturated heterocycles. The van der Waals surface area contributed by atoms with Crippen LogP contribution in [-0.2, 0) is 6.54 Å². The van der Waals surface area contributed by atoms with E-state index in [1.165, 1.54) is 32.2 Å². The largest absolute Gasteiger partial charge is 0.310 e. The van der Waals surface area contributed by atoms with Crippen molar-refractivity contribution < 1.29 is 0 Å². The molecule has 18 heavy (non-hydrogen) atoms. The molecule has 3 heteroatoms. The molecule has 0 spiro atoms. The molecule has 1 N–H and O–H groups in total. The minimum atomic E-state index is 0.754. The fourth-order valence-electron chi connectivity index (χ4n) is 2.61. The number of hydrogen-bond donors (Lipinski definition) is 1. The summed E-state index contributed by atoms with van der Waals surface area (Å²) in [6.07, 6.45) is 7.39. The van der Waals surface area contributed by atoms with E-state index in [0.717, 1.165) is 31.4 Å². The van der Waals surface area contributed by atoms with E-state index >= 15 is 0 Å². The van der Waals surface area contributed by atoms with E-state index in [1.54, 1.807) is 0 Å². The highest BCUT2D eigenvalue weighted by Crippen LogP contribution is 2.15. The highest BCUT2D eigenvalue weighted by molar-refractivity contribution is 5.02. The summed E-state index contributed by atoms with van der Waals surface area (Å²) in [4.78, 5) is 6.94. The number of nitrogens with one attached hydrogen (secondary N) is 1. The van der Waals surface area contributed by atoms with Crippen LogP contribution in [0.4, 0.5) is 0 Å². The van der Waals surface area contributed by atoms with Gasteiger partial charge in [-0.2, -0.15) is 0 Å². The molecule has 1 fully saturated rings. The van der Waals surface area contributed by atoms with Crippen LogP contribution in [0.2, 0.25) is 0 Å². The predicted molar refractivity (Wildman–Crippen MR) is 75.4 cm³/mol. The molecule has 0 bridgehead atoms. The lowest BCUT2D eigenvalue weighted by Gasteiger charge is -2.26. The van der Waals surface area contributed by atoms with Crippen molar-refractivity contribution in [3.8, 4) is 0 Å². The molecule has 1 aromatic heterocycles. The normalized spacial score (nSPS) is 21.7. The Labute approximate surface area is 111 Å². The van der Waals surface area contributed by atoms with E-state index in [4.69, 9.17) is 0 Å². The summed E-state index contributed by atoms with van der Waals surface area (Å²) in [6, 6.07) is 6.83. The number of pyridine rings is 1. The van der Waals surface area contributed by atoms with Crippen molar-refractivity contribution in [2.75, 3.05) is 19.6 Å². The van der Waals surface area contributed by atoms with E-state index in [2.05, 4.69) is 28.2 Å². The Bertz CT molecular complexity index is 326. The molecule has 0 aliphatic carbocycles. The van der Waals surface area contributed by atoms with Crippen molar-refractivity contribution in [3.63, 3.8) is 0 Å². The van der Waals surface area contributed by atoms with Crippen LogP contribution < -0.4 is 5.32 Å². The van der Waals surface area contributed by atoms with Crippen LogP contribution in [0.25, 0.3) is 0 Å². The Kier molecular flexibility index (Phi) is 5.62. The van der Waals surface area contributed by atoms with E-state index in [1.807, 2.05) is 18.3 Å². The fraction of sp³-hybridized carbons (Fsp3) is 0.667. The summed E-state index contributed by atoms with van der Waals surface area (Å²) in [6.45, 7) is 6.73. The van der Waals surface area contributed by atoms with Gasteiger partial charge in [0.2, 0.25) is 0 Å². The monoisotopic (exact) mass is 247 g/mol. The van der Waals surface area contributed by atoms with Crippen LogP contribution in [0.5, 0.6) is 0 Å². The van der Waals surface area contributed by atoms with Crippen molar-refractivity contribution in [3.05, 3.63) is 30.1 Å². The Hall–Kier alpha value is -0.930. The highest BCUT2D eigenvalue weighted by atomic mass is 15.2. The van der Waals surface area contributed by atoms with Crippen molar-refractivity contribution in [2.24, 2.45) is 0 Å². The molecular formula is C15H25N3. The lowest BCUT2D eigenvalue weighted by atomic mass is 10.1. The maximum absolute atomic E-state index is 4.32. The van der Waals surface area contributed by atoms with Crippen LogP contribution >= 0.6 is 0 Å².